The Labute approximate surface area is 142 Å². The highest BCUT2D eigenvalue weighted by Gasteiger charge is 2.18. The van der Waals surface area contributed by atoms with E-state index in [1.54, 1.807) is 11.8 Å². The molecular formula is C19H23NO2S. The quantitative estimate of drug-likeness (QED) is 0.772. The third-order valence-corrected chi connectivity index (χ3v) is 4.48. The van der Waals surface area contributed by atoms with Crippen LogP contribution < -0.4 is 10.1 Å². The van der Waals surface area contributed by atoms with E-state index >= 15 is 0 Å². The van der Waals surface area contributed by atoms with Crippen molar-refractivity contribution in [2.45, 2.75) is 38.2 Å². The molecule has 0 fully saturated rings. The number of carbonyl (C=O) groups excluding carboxylic acids is 1. The van der Waals surface area contributed by atoms with Gasteiger partial charge in [-0.15, -0.1) is 11.8 Å². The number of nitrogens with one attached hydrogen (secondary N) is 1. The van der Waals surface area contributed by atoms with Crippen molar-refractivity contribution in [3.8, 4) is 5.75 Å². The first-order chi connectivity index (χ1) is 11.0. The van der Waals surface area contributed by atoms with Crippen LogP contribution in [0.1, 0.15) is 24.5 Å². The summed E-state index contributed by atoms with van der Waals surface area (Å²) in [6.07, 6.45) is 2.12. The predicted octanol–water partition coefficient (Wildman–Crippen LogP) is 4.82. The highest BCUT2D eigenvalue weighted by Crippen LogP contribution is 2.21. The minimum absolute atomic E-state index is 0.121. The zero-order valence-electron chi connectivity index (χ0n) is 14.1. The Bertz CT molecular complexity index is 685. The molecule has 1 N–H and O–H groups in total. The molecule has 0 aliphatic heterocycles. The molecule has 0 heterocycles. The summed E-state index contributed by atoms with van der Waals surface area (Å²) in [7, 11) is 0. The fourth-order valence-electron chi connectivity index (χ4n) is 2.20. The van der Waals surface area contributed by atoms with E-state index in [9.17, 15) is 4.79 Å². The Hall–Kier alpha value is -1.94. The zero-order chi connectivity index (χ0) is 16.8. The van der Waals surface area contributed by atoms with Crippen LogP contribution in [0.5, 0.6) is 5.75 Å². The molecule has 0 saturated heterocycles. The van der Waals surface area contributed by atoms with Crippen LogP contribution >= 0.6 is 11.8 Å². The highest BCUT2D eigenvalue weighted by atomic mass is 32.2. The lowest BCUT2D eigenvalue weighted by Crippen LogP contribution is -2.32. The maximum Gasteiger partial charge on any atom is 0.265 e. The van der Waals surface area contributed by atoms with Crippen LogP contribution in [0, 0.1) is 13.8 Å². The summed E-state index contributed by atoms with van der Waals surface area (Å²) in [5.74, 6) is 0.608. The van der Waals surface area contributed by atoms with Crippen LogP contribution in [0.25, 0.3) is 0 Å². The number of carbonyl (C=O) groups is 1. The van der Waals surface area contributed by atoms with Crippen molar-refractivity contribution in [1.82, 2.24) is 0 Å². The molecule has 0 radical (unpaired) electrons. The number of hydrogen-bond donors (Lipinski definition) is 1. The number of anilines is 1. The average Bonchev–Trinajstić information content (AvgIpc) is 2.55. The third-order valence-electron chi connectivity index (χ3n) is 3.76. The Kier molecular flexibility index (Phi) is 6.11. The molecule has 2 aromatic rings. The first kappa shape index (κ1) is 17.4. The Morgan fingerprint density at radius 3 is 2.61 bits per heavy atom. The molecule has 3 nitrogen and oxygen atoms in total. The van der Waals surface area contributed by atoms with Gasteiger partial charge in [-0.25, -0.2) is 0 Å². The van der Waals surface area contributed by atoms with Crippen molar-refractivity contribution >= 4 is 23.4 Å². The van der Waals surface area contributed by atoms with Gasteiger partial charge in [-0.1, -0.05) is 19.1 Å². The SMILES string of the molecule is CCC(Oc1ccc(C)c(C)c1)C(=O)Nc1cccc(SC)c1. The molecule has 0 bridgehead atoms. The molecule has 0 saturated carbocycles. The van der Waals surface area contributed by atoms with Gasteiger partial charge in [0.2, 0.25) is 0 Å². The molecule has 0 spiro atoms. The first-order valence-electron chi connectivity index (χ1n) is 7.72. The summed E-state index contributed by atoms with van der Waals surface area (Å²) < 4.78 is 5.87. The van der Waals surface area contributed by atoms with Crippen molar-refractivity contribution in [3.63, 3.8) is 0 Å². The van der Waals surface area contributed by atoms with Gasteiger partial charge in [0.1, 0.15) is 5.75 Å². The fraction of sp³-hybridized carbons (Fsp3) is 0.316. The highest BCUT2D eigenvalue weighted by molar-refractivity contribution is 7.98. The van der Waals surface area contributed by atoms with Gasteiger partial charge < -0.3 is 10.1 Å². The van der Waals surface area contributed by atoms with Crippen molar-refractivity contribution in [2.75, 3.05) is 11.6 Å². The molecule has 2 rings (SSSR count). The second-order valence-electron chi connectivity index (χ2n) is 5.48. The molecular weight excluding hydrogens is 306 g/mol. The van der Waals surface area contributed by atoms with Gasteiger partial charge in [-0.05, 0) is 68.0 Å². The fourth-order valence-corrected chi connectivity index (χ4v) is 2.66. The minimum Gasteiger partial charge on any atom is -0.481 e. The molecule has 1 atom stereocenters. The van der Waals surface area contributed by atoms with Gasteiger partial charge in [-0.2, -0.15) is 0 Å². The van der Waals surface area contributed by atoms with Gasteiger partial charge in [0.05, 0.1) is 0 Å². The monoisotopic (exact) mass is 329 g/mol. The molecule has 23 heavy (non-hydrogen) atoms. The van der Waals surface area contributed by atoms with Gasteiger partial charge >= 0.3 is 0 Å². The lowest BCUT2D eigenvalue weighted by atomic mass is 10.1. The van der Waals surface area contributed by atoms with Crippen molar-refractivity contribution in [1.29, 1.82) is 0 Å². The molecule has 0 aromatic heterocycles. The van der Waals surface area contributed by atoms with E-state index in [0.29, 0.717) is 6.42 Å². The first-order valence-corrected chi connectivity index (χ1v) is 8.94. The van der Waals surface area contributed by atoms with Gasteiger partial charge in [-0.3, -0.25) is 4.79 Å². The van der Waals surface area contributed by atoms with E-state index in [1.165, 1.54) is 5.56 Å². The summed E-state index contributed by atoms with van der Waals surface area (Å²) in [5.41, 5.74) is 3.16. The molecule has 1 unspecified atom stereocenters. The summed E-state index contributed by atoms with van der Waals surface area (Å²) >= 11 is 1.65. The van der Waals surface area contributed by atoms with Gasteiger partial charge in [0, 0.05) is 10.6 Å². The predicted molar refractivity (Wildman–Crippen MR) is 97.5 cm³/mol. The second-order valence-corrected chi connectivity index (χ2v) is 6.36. The third kappa shape index (κ3) is 4.76. The normalized spacial score (nSPS) is 11.8. The van der Waals surface area contributed by atoms with Gasteiger partial charge in [0.15, 0.2) is 6.10 Å². The van der Waals surface area contributed by atoms with E-state index in [4.69, 9.17) is 4.74 Å². The standard InChI is InChI=1S/C19H23NO2S/c1-5-18(22-16-10-9-13(2)14(3)11-16)19(21)20-15-7-6-8-17(12-15)23-4/h6-12,18H,5H2,1-4H3,(H,20,21). The second kappa shape index (κ2) is 8.06. The lowest BCUT2D eigenvalue weighted by molar-refractivity contribution is -0.122. The van der Waals surface area contributed by atoms with Crippen LogP contribution in [0.2, 0.25) is 0 Å². The van der Waals surface area contributed by atoms with E-state index < -0.39 is 6.10 Å². The number of amides is 1. The summed E-state index contributed by atoms with van der Waals surface area (Å²) in [6, 6.07) is 13.7. The molecule has 2 aromatic carbocycles. The number of hydrogen-bond acceptors (Lipinski definition) is 3. The maximum absolute atomic E-state index is 12.5. The van der Waals surface area contributed by atoms with Crippen LogP contribution in [0.3, 0.4) is 0 Å². The van der Waals surface area contributed by atoms with Gasteiger partial charge in [0.25, 0.3) is 5.91 Å². The Morgan fingerprint density at radius 1 is 1.17 bits per heavy atom. The lowest BCUT2D eigenvalue weighted by Gasteiger charge is -2.18. The van der Waals surface area contributed by atoms with Crippen LogP contribution in [-0.4, -0.2) is 18.3 Å². The topological polar surface area (TPSA) is 38.3 Å². The molecule has 4 heteroatoms. The summed E-state index contributed by atoms with van der Waals surface area (Å²) in [5, 5.41) is 2.94. The van der Waals surface area contributed by atoms with Crippen LogP contribution in [0.15, 0.2) is 47.4 Å². The van der Waals surface area contributed by atoms with E-state index in [0.717, 1.165) is 21.9 Å². The largest absolute Gasteiger partial charge is 0.481 e. The minimum atomic E-state index is -0.505. The molecule has 122 valence electrons. The number of ether oxygens (including phenoxy) is 1. The number of thioether (sulfide) groups is 1. The summed E-state index contributed by atoms with van der Waals surface area (Å²) in [4.78, 5) is 13.6. The van der Waals surface area contributed by atoms with Crippen molar-refractivity contribution < 1.29 is 9.53 Å². The van der Waals surface area contributed by atoms with Crippen molar-refractivity contribution in [3.05, 3.63) is 53.6 Å². The molecule has 0 aliphatic carbocycles. The molecule has 1 amide bonds. The number of rotatable bonds is 6. The van der Waals surface area contributed by atoms with E-state index in [1.807, 2.05) is 62.6 Å². The molecule has 0 aliphatic rings. The Balaban J connectivity index is 2.07. The van der Waals surface area contributed by atoms with Crippen LogP contribution in [0.4, 0.5) is 5.69 Å². The Morgan fingerprint density at radius 2 is 1.96 bits per heavy atom. The van der Waals surface area contributed by atoms with Crippen molar-refractivity contribution in [2.24, 2.45) is 0 Å². The average molecular weight is 329 g/mol. The number of benzene rings is 2. The van der Waals surface area contributed by atoms with E-state index in [-0.39, 0.29) is 5.91 Å². The number of aryl methyl sites for hydroxylation is 2. The smallest absolute Gasteiger partial charge is 0.265 e. The van der Waals surface area contributed by atoms with Crippen LogP contribution in [-0.2, 0) is 4.79 Å². The zero-order valence-corrected chi connectivity index (χ0v) is 14.9. The maximum atomic E-state index is 12.5. The summed E-state index contributed by atoms with van der Waals surface area (Å²) in [6.45, 7) is 6.04. The van der Waals surface area contributed by atoms with E-state index in [2.05, 4.69) is 12.2 Å².